The van der Waals surface area contributed by atoms with E-state index in [1.807, 2.05) is 18.4 Å². The van der Waals surface area contributed by atoms with E-state index in [9.17, 15) is 9.00 Å². The second-order valence-electron chi connectivity index (χ2n) is 4.09. The van der Waals surface area contributed by atoms with E-state index in [1.54, 1.807) is 6.26 Å². The molecule has 2 aromatic rings. The van der Waals surface area contributed by atoms with Crippen LogP contribution in [0.2, 0.25) is 0 Å². The second kappa shape index (κ2) is 5.73. The molecule has 2 heterocycles. The first-order valence-corrected chi connectivity index (χ1v) is 8.07. The van der Waals surface area contributed by atoms with E-state index >= 15 is 0 Å². The van der Waals surface area contributed by atoms with Crippen LogP contribution in [0.1, 0.15) is 12.7 Å². The van der Waals surface area contributed by atoms with Gasteiger partial charge in [-0.15, -0.1) is 11.3 Å². The molecule has 2 rings (SSSR count). The molecule has 0 aliphatic rings. The van der Waals surface area contributed by atoms with Crippen LogP contribution in [0.5, 0.6) is 0 Å². The first-order valence-electron chi connectivity index (χ1n) is 5.57. The van der Waals surface area contributed by atoms with Gasteiger partial charge >= 0.3 is 0 Å². The highest BCUT2D eigenvalue weighted by Gasteiger charge is 2.07. The molecule has 0 spiro atoms. The fraction of sp³-hybridized carbons (Fsp3) is 0.455. The van der Waals surface area contributed by atoms with Crippen LogP contribution in [0.25, 0.3) is 10.2 Å². The number of fused-ring (bicyclic) bond motifs is 1. The molecule has 0 aliphatic heterocycles. The number of hydrogen-bond donors (Lipinski definition) is 2. The number of thiophene rings is 1. The van der Waals surface area contributed by atoms with Gasteiger partial charge in [-0.1, -0.05) is 0 Å². The predicted octanol–water partition coefficient (Wildman–Crippen LogP) is 0.841. The van der Waals surface area contributed by atoms with Crippen molar-refractivity contribution in [3.8, 4) is 0 Å². The average Bonchev–Trinajstić information content (AvgIpc) is 2.77. The predicted molar refractivity (Wildman–Crippen MR) is 75.5 cm³/mol. The zero-order chi connectivity index (χ0) is 13.1. The van der Waals surface area contributed by atoms with Gasteiger partial charge in [-0.3, -0.25) is 9.00 Å². The molecular weight excluding hydrogens is 270 g/mol. The topological polar surface area (TPSA) is 74.8 Å². The maximum Gasteiger partial charge on any atom is 0.268 e. The molecule has 0 saturated carbocycles. The summed E-state index contributed by atoms with van der Waals surface area (Å²) in [6, 6.07) is 1.84. The number of hydrogen-bond acceptors (Lipinski definition) is 5. The quantitative estimate of drug-likeness (QED) is 0.854. The van der Waals surface area contributed by atoms with Crippen molar-refractivity contribution in [1.29, 1.82) is 0 Å². The van der Waals surface area contributed by atoms with E-state index in [2.05, 4.69) is 15.3 Å². The molecule has 7 heteroatoms. The van der Waals surface area contributed by atoms with Crippen LogP contribution in [-0.2, 0) is 17.3 Å². The third kappa shape index (κ3) is 3.04. The number of nitrogens with zero attached hydrogens (tertiary/aromatic N) is 1. The minimum absolute atomic E-state index is 0.0848. The summed E-state index contributed by atoms with van der Waals surface area (Å²) >= 11 is 1.39. The van der Waals surface area contributed by atoms with Crippen LogP contribution >= 0.6 is 11.3 Å². The van der Waals surface area contributed by atoms with E-state index in [0.717, 1.165) is 5.52 Å². The first kappa shape index (κ1) is 13.4. The monoisotopic (exact) mass is 285 g/mol. The van der Waals surface area contributed by atoms with Crippen LogP contribution in [-0.4, -0.2) is 32.2 Å². The molecule has 0 aliphatic carbocycles. The highest BCUT2D eigenvalue weighted by atomic mass is 32.2. The van der Waals surface area contributed by atoms with Gasteiger partial charge in [0.05, 0.1) is 12.1 Å². The van der Waals surface area contributed by atoms with Gasteiger partial charge in [0.15, 0.2) is 0 Å². The molecular formula is C11H15N3O2S2. The van der Waals surface area contributed by atoms with Gasteiger partial charge in [-0.2, -0.15) is 0 Å². The summed E-state index contributed by atoms with van der Waals surface area (Å²) in [5, 5.41) is 5.08. The largest absolute Gasteiger partial charge is 0.309 e. The molecule has 18 heavy (non-hydrogen) atoms. The number of rotatable bonds is 5. The van der Waals surface area contributed by atoms with Crippen LogP contribution in [0.4, 0.5) is 0 Å². The molecule has 0 fully saturated rings. The van der Waals surface area contributed by atoms with Crippen LogP contribution in [0.15, 0.2) is 16.2 Å². The third-order valence-corrected chi connectivity index (χ3v) is 4.86. The van der Waals surface area contributed by atoms with Crippen molar-refractivity contribution in [2.24, 2.45) is 0 Å². The lowest BCUT2D eigenvalue weighted by Crippen LogP contribution is -2.28. The SMILES string of the molecule is CC(CNCc1nc2ccsc2c(=O)[nH]1)S(C)=O. The van der Waals surface area contributed by atoms with Crippen LogP contribution in [0, 0.1) is 0 Å². The Morgan fingerprint density at radius 1 is 1.61 bits per heavy atom. The molecule has 2 unspecified atom stereocenters. The van der Waals surface area contributed by atoms with Crippen molar-refractivity contribution in [1.82, 2.24) is 15.3 Å². The molecule has 0 aromatic carbocycles. The summed E-state index contributed by atoms with van der Waals surface area (Å²) < 4.78 is 11.8. The average molecular weight is 285 g/mol. The van der Waals surface area contributed by atoms with E-state index in [4.69, 9.17) is 0 Å². The fourth-order valence-corrected chi connectivity index (χ4v) is 2.59. The molecule has 5 nitrogen and oxygen atoms in total. The lowest BCUT2D eigenvalue weighted by Gasteiger charge is -2.09. The molecule has 0 bridgehead atoms. The highest BCUT2D eigenvalue weighted by molar-refractivity contribution is 7.84. The van der Waals surface area contributed by atoms with E-state index in [-0.39, 0.29) is 10.8 Å². The molecule has 2 atom stereocenters. The smallest absolute Gasteiger partial charge is 0.268 e. The number of H-pyrrole nitrogens is 1. The Morgan fingerprint density at radius 2 is 2.39 bits per heavy atom. The Balaban J connectivity index is 2.04. The first-order chi connectivity index (χ1) is 8.58. The summed E-state index contributed by atoms with van der Waals surface area (Å²) in [5.41, 5.74) is 0.631. The Bertz CT molecular complexity index is 620. The van der Waals surface area contributed by atoms with Gasteiger partial charge in [-0.05, 0) is 18.4 Å². The van der Waals surface area contributed by atoms with Gasteiger partial charge in [-0.25, -0.2) is 4.98 Å². The molecule has 0 radical (unpaired) electrons. The van der Waals surface area contributed by atoms with Crippen molar-refractivity contribution >= 4 is 32.4 Å². The van der Waals surface area contributed by atoms with Crippen molar-refractivity contribution in [3.05, 3.63) is 27.6 Å². The Labute approximate surface area is 111 Å². The Morgan fingerprint density at radius 3 is 3.11 bits per heavy atom. The van der Waals surface area contributed by atoms with Gasteiger partial charge in [0.1, 0.15) is 10.5 Å². The summed E-state index contributed by atoms with van der Waals surface area (Å²) in [6.07, 6.45) is 1.68. The standard InChI is InChI=1S/C11H15N3O2S2/c1-7(18(2)16)5-12-6-9-13-8-3-4-17-10(8)11(15)14-9/h3-4,7,12H,5-6H2,1-2H3,(H,13,14,15). The third-order valence-electron chi connectivity index (χ3n) is 2.65. The zero-order valence-electron chi connectivity index (χ0n) is 10.2. The maximum atomic E-state index is 11.7. The molecule has 2 N–H and O–H groups in total. The van der Waals surface area contributed by atoms with Crippen molar-refractivity contribution in [2.45, 2.75) is 18.7 Å². The highest BCUT2D eigenvalue weighted by Crippen LogP contribution is 2.13. The van der Waals surface area contributed by atoms with Crippen LogP contribution < -0.4 is 10.9 Å². The minimum Gasteiger partial charge on any atom is -0.309 e. The molecule has 98 valence electrons. The van der Waals surface area contributed by atoms with E-state index < -0.39 is 10.8 Å². The zero-order valence-corrected chi connectivity index (χ0v) is 11.9. The summed E-state index contributed by atoms with van der Waals surface area (Å²) in [4.78, 5) is 18.8. The summed E-state index contributed by atoms with van der Waals surface area (Å²) in [7, 11) is -0.842. The molecule has 2 aromatic heterocycles. The van der Waals surface area contributed by atoms with Crippen LogP contribution in [0.3, 0.4) is 0 Å². The second-order valence-corrected chi connectivity index (χ2v) is 6.81. The Hall–Kier alpha value is -1.05. The van der Waals surface area contributed by atoms with Gasteiger partial charge in [0, 0.05) is 28.9 Å². The lowest BCUT2D eigenvalue weighted by molar-refractivity contribution is 0.634. The Kier molecular flexibility index (Phi) is 4.26. The number of aromatic nitrogens is 2. The van der Waals surface area contributed by atoms with Crippen molar-refractivity contribution in [3.63, 3.8) is 0 Å². The lowest BCUT2D eigenvalue weighted by atomic mass is 10.4. The van der Waals surface area contributed by atoms with E-state index in [1.165, 1.54) is 11.3 Å². The summed E-state index contributed by atoms with van der Waals surface area (Å²) in [5.74, 6) is 0.611. The number of aromatic amines is 1. The van der Waals surface area contributed by atoms with Gasteiger partial charge < -0.3 is 10.3 Å². The maximum absolute atomic E-state index is 11.7. The van der Waals surface area contributed by atoms with Gasteiger partial charge in [0.2, 0.25) is 0 Å². The molecule has 0 amide bonds. The van der Waals surface area contributed by atoms with Gasteiger partial charge in [0.25, 0.3) is 5.56 Å². The van der Waals surface area contributed by atoms with Crippen molar-refractivity contribution < 1.29 is 4.21 Å². The normalized spacial score (nSPS) is 14.8. The minimum atomic E-state index is -0.842. The summed E-state index contributed by atoms with van der Waals surface area (Å²) in [6.45, 7) is 3.03. The molecule has 0 saturated heterocycles. The number of nitrogens with one attached hydrogen (secondary N) is 2. The van der Waals surface area contributed by atoms with Crippen molar-refractivity contribution in [2.75, 3.05) is 12.8 Å². The van der Waals surface area contributed by atoms with E-state index in [0.29, 0.717) is 23.6 Å². The fourth-order valence-electron chi connectivity index (χ4n) is 1.52.